The first-order valence-electron chi connectivity index (χ1n) is 10.8. The highest BCUT2D eigenvalue weighted by molar-refractivity contribution is 6.11. The van der Waals surface area contributed by atoms with E-state index < -0.39 is 83.1 Å². The Kier molecular flexibility index (Phi) is 9.07. The van der Waals surface area contributed by atoms with Gasteiger partial charge in [-0.05, 0) is 11.1 Å². The van der Waals surface area contributed by atoms with Crippen molar-refractivity contribution < 1.29 is 80.6 Å². The lowest BCUT2D eigenvalue weighted by atomic mass is 9.96. The van der Waals surface area contributed by atoms with E-state index in [1.165, 1.54) is 0 Å². The van der Waals surface area contributed by atoms with Gasteiger partial charge >= 0.3 is 36.0 Å². The Morgan fingerprint density at radius 3 is 0.881 bits per heavy atom. The highest BCUT2D eigenvalue weighted by Crippen LogP contribution is 2.48. The lowest BCUT2D eigenvalue weighted by Crippen LogP contribution is -2.56. The van der Waals surface area contributed by atoms with Crippen molar-refractivity contribution in [2.45, 2.75) is 48.9 Å². The van der Waals surface area contributed by atoms with Gasteiger partial charge < -0.3 is 0 Å². The first kappa shape index (κ1) is 34.3. The van der Waals surface area contributed by atoms with Crippen LogP contribution in [0.25, 0.3) is 11.1 Å². The van der Waals surface area contributed by atoms with Crippen LogP contribution in [0.15, 0.2) is 48.5 Å². The lowest BCUT2D eigenvalue weighted by molar-refractivity contribution is -0.343. The van der Waals surface area contributed by atoms with E-state index in [0.29, 0.717) is 0 Å². The highest BCUT2D eigenvalue weighted by atomic mass is 19.4. The first-order chi connectivity index (χ1) is 18.8. The second kappa shape index (κ2) is 11.1. The Hall–Kier alpha value is -3.86. The van der Waals surface area contributed by atoms with E-state index in [0.717, 1.165) is 48.5 Å². The summed E-state index contributed by atoms with van der Waals surface area (Å²) in [4.78, 5) is 46.8. The van der Waals surface area contributed by atoms with Gasteiger partial charge in [0.05, 0.1) is 12.8 Å². The average Bonchev–Trinajstić information content (AvgIpc) is 2.87. The molecule has 0 aliphatic carbocycles. The molecule has 0 saturated carbocycles. The Labute approximate surface area is 224 Å². The summed E-state index contributed by atoms with van der Waals surface area (Å²) < 4.78 is 179. The summed E-state index contributed by atoms with van der Waals surface area (Å²) in [6.07, 6.45) is -17.6. The SMILES string of the molecule is O=C(CC(=O)C(F)(F)C(F)(F)C(F)(F)F)c1ccc(-c2ccc(C(=O)CC(=O)C(F)(F)C(F)(F)C(F)(F)F)cc2)cc1. The molecule has 0 saturated heterocycles. The topological polar surface area (TPSA) is 68.3 Å². The van der Waals surface area contributed by atoms with Crippen LogP contribution < -0.4 is 0 Å². The van der Waals surface area contributed by atoms with E-state index in [1.54, 1.807) is 0 Å². The van der Waals surface area contributed by atoms with Gasteiger partial charge in [-0.2, -0.15) is 61.5 Å². The average molecular weight is 630 g/mol. The monoisotopic (exact) mass is 630 g/mol. The summed E-state index contributed by atoms with van der Waals surface area (Å²) >= 11 is 0. The van der Waals surface area contributed by atoms with Crippen LogP contribution in [0.3, 0.4) is 0 Å². The van der Waals surface area contributed by atoms with Gasteiger partial charge in [0.15, 0.2) is 11.6 Å². The van der Waals surface area contributed by atoms with Gasteiger partial charge in [-0.15, -0.1) is 0 Å². The molecule has 0 atom stereocenters. The Bertz CT molecular complexity index is 1250. The maximum atomic E-state index is 13.4. The molecule has 0 N–H and O–H groups in total. The second-order valence-electron chi connectivity index (χ2n) is 8.49. The van der Waals surface area contributed by atoms with Crippen LogP contribution in [0.2, 0.25) is 0 Å². The van der Waals surface area contributed by atoms with Gasteiger partial charge in [0, 0.05) is 11.1 Å². The normalized spacial score (nSPS) is 13.6. The van der Waals surface area contributed by atoms with E-state index in [-0.39, 0.29) is 11.1 Å². The number of alkyl halides is 14. The van der Waals surface area contributed by atoms with E-state index in [4.69, 9.17) is 0 Å². The zero-order valence-electron chi connectivity index (χ0n) is 20.0. The number of halogens is 14. The molecule has 2 aromatic carbocycles. The van der Waals surface area contributed by atoms with Crippen LogP contribution in [-0.2, 0) is 9.59 Å². The number of carbonyl (C=O) groups excluding carboxylic acids is 4. The summed E-state index contributed by atoms with van der Waals surface area (Å²) in [6, 6.07) is 7.63. The zero-order valence-corrected chi connectivity index (χ0v) is 20.0. The zero-order chi connectivity index (χ0) is 32.7. The molecule has 0 aliphatic heterocycles. The van der Waals surface area contributed by atoms with E-state index in [1.807, 2.05) is 0 Å². The lowest BCUT2D eigenvalue weighted by Gasteiger charge is -2.26. The van der Waals surface area contributed by atoms with Crippen molar-refractivity contribution in [3.05, 3.63) is 59.7 Å². The summed E-state index contributed by atoms with van der Waals surface area (Å²) in [5, 5.41) is 0. The second-order valence-corrected chi connectivity index (χ2v) is 8.49. The number of rotatable bonds is 11. The van der Waals surface area contributed by atoms with Crippen LogP contribution >= 0.6 is 0 Å². The maximum Gasteiger partial charge on any atom is 0.460 e. The minimum atomic E-state index is -6.79. The van der Waals surface area contributed by atoms with Gasteiger partial charge in [0.2, 0.25) is 11.6 Å². The summed E-state index contributed by atoms with van der Waals surface area (Å²) in [7, 11) is 0. The molecule has 0 unspecified atom stereocenters. The molecule has 0 spiro atoms. The molecule has 0 fully saturated rings. The van der Waals surface area contributed by atoms with Crippen molar-refractivity contribution in [3.8, 4) is 11.1 Å². The minimum Gasteiger partial charge on any atom is -0.294 e. The van der Waals surface area contributed by atoms with Crippen LogP contribution in [0.5, 0.6) is 0 Å². The smallest absolute Gasteiger partial charge is 0.294 e. The maximum absolute atomic E-state index is 13.4. The highest BCUT2D eigenvalue weighted by Gasteiger charge is 2.76. The van der Waals surface area contributed by atoms with E-state index >= 15 is 0 Å². The molecule has 0 aromatic heterocycles. The molecule has 0 heterocycles. The summed E-state index contributed by atoms with van der Waals surface area (Å²) in [6.45, 7) is 0. The largest absolute Gasteiger partial charge is 0.460 e. The number of benzene rings is 2. The first-order valence-corrected chi connectivity index (χ1v) is 10.8. The Balaban J connectivity index is 2.14. The Morgan fingerprint density at radius 2 is 0.667 bits per heavy atom. The number of Topliss-reactive ketones (excluding diaryl/α,β-unsaturated/α-hetero) is 4. The van der Waals surface area contributed by atoms with Gasteiger partial charge in [-0.3, -0.25) is 19.2 Å². The van der Waals surface area contributed by atoms with E-state index in [2.05, 4.69) is 0 Å². The number of ketones is 4. The van der Waals surface area contributed by atoms with Crippen LogP contribution in [0, 0.1) is 0 Å². The fourth-order valence-corrected chi connectivity index (χ4v) is 3.12. The van der Waals surface area contributed by atoms with Crippen molar-refractivity contribution in [2.75, 3.05) is 0 Å². The van der Waals surface area contributed by atoms with Crippen LogP contribution in [0.1, 0.15) is 33.6 Å². The van der Waals surface area contributed by atoms with Gasteiger partial charge in [0.1, 0.15) is 0 Å². The third-order valence-corrected chi connectivity index (χ3v) is 5.59. The van der Waals surface area contributed by atoms with Crippen molar-refractivity contribution in [3.63, 3.8) is 0 Å². The minimum absolute atomic E-state index is 0.137. The van der Waals surface area contributed by atoms with Crippen LogP contribution in [0.4, 0.5) is 61.5 Å². The van der Waals surface area contributed by atoms with Gasteiger partial charge in [-0.1, -0.05) is 48.5 Å². The molecule has 4 nitrogen and oxygen atoms in total. The molecular weight excluding hydrogens is 618 g/mol. The predicted octanol–water partition coefficient (Wildman–Crippen LogP) is 7.30. The molecule has 18 heteroatoms. The Morgan fingerprint density at radius 1 is 0.429 bits per heavy atom. The van der Waals surface area contributed by atoms with Crippen molar-refractivity contribution in [1.82, 2.24) is 0 Å². The number of carbonyl (C=O) groups is 4. The molecule has 0 amide bonds. The number of hydrogen-bond acceptors (Lipinski definition) is 4. The third-order valence-electron chi connectivity index (χ3n) is 5.59. The van der Waals surface area contributed by atoms with Crippen molar-refractivity contribution in [1.29, 1.82) is 0 Å². The fourth-order valence-electron chi connectivity index (χ4n) is 3.12. The van der Waals surface area contributed by atoms with Crippen LogP contribution in [-0.4, -0.2) is 59.2 Å². The number of hydrogen-bond donors (Lipinski definition) is 0. The molecule has 230 valence electrons. The van der Waals surface area contributed by atoms with Gasteiger partial charge in [0.25, 0.3) is 0 Å². The van der Waals surface area contributed by atoms with Crippen molar-refractivity contribution >= 4 is 23.1 Å². The molecule has 42 heavy (non-hydrogen) atoms. The quantitative estimate of drug-likeness (QED) is 0.149. The third kappa shape index (κ3) is 6.30. The molecule has 0 radical (unpaired) electrons. The molecule has 2 rings (SSSR count). The summed E-state index contributed by atoms with van der Waals surface area (Å²) in [5.74, 6) is -35.1. The summed E-state index contributed by atoms with van der Waals surface area (Å²) in [5.41, 5.74) is -0.864. The molecular formula is C24H12F14O4. The van der Waals surface area contributed by atoms with E-state index in [9.17, 15) is 80.6 Å². The predicted molar refractivity (Wildman–Crippen MR) is 112 cm³/mol. The van der Waals surface area contributed by atoms with Gasteiger partial charge in [-0.25, -0.2) is 0 Å². The molecule has 2 aromatic rings. The molecule has 0 bridgehead atoms. The van der Waals surface area contributed by atoms with Crippen molar-refractivity contribution in [2.24, 2.45) is 0 Å². The fraction of sp³-hybridized carbons (Fsp3) is 0.333. The molecule has 0 aliphatic rings. The standard InChI is InChI=1S/C24H12F14O4/c25-19(26,21(29,30)23(33,34)35)17(41)9-15(39)13-5-1-11(2-6-13)12-3-7-14(8-4-12)16(40)10-18(42)20(27,28)22(31,32)24(36,37)38/h1-8H,9-10H2.